The van der Waals surface area contributed by atoms with Crippen molar-refractivity contribution in [3.05, 3.63) is 64.2 Å². The van der Waals surface area contributed by atoms with Crippen molar-refractivity contribution in [2.45, 2.75) is 4.90 Å². The summed E-state index contributed by atoms with van der Waals surface area (Å²) in [4.78, 5) is 21.9. The van der Waals surface area contributed by atoms with Crippen molar-refractivity contribution in [2.24, 2.45) is 0 Å². The molecule has 0 bridgehead atoms. The fraction of sp³-hybridized carbons (Fsp3) is 0. The summed E-state index contributed by atoms with van der Waals surface area (Å²) in [5, 5.41) is 19.9. The molecule has 6 nitrogen and oxygen atoms in total. The highest BCUT2D eigenvalue weighted by molar-refractivity contribution is 8.00. The number of benzene rings is 2. The Balaban J connectivity index is 2.22. The fourth-order valence-corrected chi connectivity index (χ4v) is 2.35. The number of nitrogens with one attached hydrogen (secondary N) is 1. The number of rotatable bonds is 5. The van der Waals surface area contributed by atoms with Gasteiger partial charge in [0.05, 0.1) is 16.2 Å². The monoisotopic (exact) mass is 290 g/mol. The largest absolute Gasteiger partial charge is 0.478 e. The van der Waals surface area contributed by atoms with Crippen LogP contribution in [0.4, 0.5) is 11.4 Å². The van der Waals surface area contributed by atoms with Crippen molar-refractivity contribution in [2.75, 3.05) is 4.72 Å². The quantitative estimate of drug-likeness (QED) is 0.498. The number of aromatic carboxylic acids is 1. The van der Waals surface area contributed by atoms with Crippen LogP contribution in [0.15, 0.2) is 53.4 Å². The maximum Gasteiger partial charge on any atom is 0.337 e. The van der Waals surface area contributed by atoms with E-state index in [4.69, 9.17) is 5.11 Å². The molecule has 7 heteroatoms. The zero-order valence-electron chi connectivity index (χ0n) is 10.1. The second-order valence-corrected chi connectivity index (χ2v) is 4.63. The first-order valence-electron chi connectivity index (χ1n) is 5.58. The molecular formula is C13H10N2O4S. The van der Waals surface area contributed by atoms with Crippen LogP contribution in [-0.2, 0) is 0 Å². The Morgan fingerprint density at radius 3 is 2.50 bits per heavy atom. The Kier molecular flexibility index (Phi) is 4.21. The molecule has 2 aromatic carbocycles. The molecule has 2 aromatic rings. The lowest BCUT2D eigenvalue weighted by atomic mass is 10.2. The molecule has 2 N–H and O–H groups in total. The fourth-order valence-electron chi connectivity index (χ4n) is 1.56. The zero-order valence-corrected chi connectivity index (χ0v) is 11.0. The first-order chi connectivity index (χ1) is 9.59. The Labute approximate surface area is 118 Å². The smallest absolute Gasteiger partial charge is 0.337 e. The topological polar surface area (TPSA) is 92.5 Å². The molecule has 0 saturated heterocycles. The molecule has 2 rings (SSSR count). The minimum atomic E-state index is -1.06. The Bertz CT molecular complexity index is 603. The number of para-hydroxylation sites is 2. The first-order valence-corrected chi connectivity index (χ1v) is 6.40. The number of carboxylic acid groups (broad SMARTS) is 1. The maximum absolute atomic E-state index is 11.1. The average molecular weight is 290 g/mol. The lowest BCUT2D eigenvalue weighted by Gasteiger charge is -2.08. The maximum atomic E-state index is 11.1. The van der Waals surface area contributed by atoms with E-state index < -0.39 is 10.9 Å². The molecule has 0 saturated carbocycles. The van der Waals surface area contributed by atoms with Crippen LogP contribution in [0.1, 0.15) is 10.4 Å². The van der Waals surface area contributed by atoms with Crippen molar-refractivity contribution in [1.29, 1.82) is 0 Å². The molecule has 0 amide bonds. The van der Waals surface area contributed by atoms with Crippen LogP contribution in [0.25, 0.3) is 0 Å². The number of nitro benzene ring substituents is 1. The van der Waals surface area contributed by atoms with Crippen molar-refractivity contribution in [3.63, 3.8) is 0 Å². The summed E-state index contributed by atoms with van der Waals surface area (Å²) in [6.45, 7) is 0. The molecule has 0 aliphatic heterocycles. The third-order valence-electron chi connectivity index (χ3n) is 2.49. The molecular weight excluding hydrogens is 280 g/mol. The van der Waals surface area contributed by atoms with Gasteiger partial charge in [0.25, 0.3) is 5.69 Å². The van der Waals surface area contributed by atoms with Crippen molar-refractivity contribution < 1.29 is 14.8 Å². The van der Waals surface area contributed by atoms with E-state index in [0.717, 1.165) is 11.9 Å². The number of nitro groups is 1. The van der Waals surface area contributed by atoms with Gasteiger partial charge in [-0.05, 0) is 30.1 Å². The summed E-state index contributed by atoms with van der Waals surface area (Å²) in [6.07, 6.45) is 0. The van der Waals surface area contributed by atoms with Crippen molar-refractivity contribution >= 4 is 29.3 Å². The number of carbonyl (C=O) groups is 1. The summed E-state index contributed by atoms with van der Waals surface area (Å²) in [5.41, 5.74) is 0.472. The summed E-state index contributed by atoms with van der Waals surface area (Å²) in [6, 6.07) is 12.6. The van der Waals surface area contributed by atoms with E-state index in [1.807, 2.05) is 0 Å². The molecule has 0 unspecified atom stereocenters. The van der Waals surface area contributed by atoms with Gasteiger partial charge in [0.15, 0.2) is 0 Å². The highest BCUT2D eigenvalue weighted by atomic mass is 32.2. The Hall–Kier alpha value is -2.54. The van der Waals surface area contributed by atoms with Gasteiger partial charge in [-0.15, -0.1) is 0 Å². The van der Waals surface area contributed by atoms with Gasteiger partial charge in [-0.3, -0.25) is 10.1 Å². The number of hydrogen-bond acceptors (Lipinski definition) is 5. The van der Waals surface area contributed by atoms with E-state index in [1.165, 1.54) is 12.1 Å². The van der Waals surface area contributed by atoms with Gasteiger partial charge in [0.2, 0.25) is 0 Å². The number of anilines is 1. The van der Waals surface area contributed by atoms with E-state index in [2.05, 4.69) is 4.72 Å². The third kappa shape index (κ3) is 3.07. The minimum absolute atomic E-state index is 0.0298. The molecule has 0 heterocycles. The van der Waals surface area contributed by atoms with E-state index in [1.54, 1.807) is 36.4 Å². The van der Waals surface area contributed by atoms with Crippen LogP contribution >= 0.6 is 11.9 Å². The van der Waals surface area contributed by atoms with Gasteiger partial charge in [0.1, 0.15) is 4.90 Å². The second kappa shape index (κ2) is 6.07. The van der Waals surface area contributed by atoms with E-state index in [0.29, 0.717) is 10.6 Å². The highest BCUT2D eigenvalue weighted by Gasteiger charge is 2.14. The molecule has 0 radical (unpaired) electrons. The first kappa shape index (κ1) is 13.9. The summed E-state index contributed by atoms with van der Waals surface area (Å²) in [7, 11) is 0. The Morgan fingerprint density at radius 2 is 1.80 bits per heavy atom. The zero-order chi connectivity index (χ0) is 14.5. The third-order valence-corrected chi connectivity index (χ3v) is 3.38. The van der Waals surface area contributed by atoms with Crippen LogP contribution in [0, 0.1) is 10.1 Å². The average Bonchev–Trinajstić information content (AvgIpc) is 2.45. The lowest BCUT2D eigenvalue weighted by Crippen LogP contribution is -2.01. The molecule has 102 valence electrons. The van der Waals surface area contributed by atoms with Crippen molar-refractivity contribution in [1.82, 2.24) is 0 Å². The molecule has 20 heavy (non-hydrogen) atoms. The highest BCUT2D eigenvalue weighted by Crippen LogP contribution is 2.30. The van der Waals surface area contributed by atoms with Crippen LogP contribution in [0.2, 0.25) is 0 Å². The van der Waals surface area contributed by atoms with Crippen LogP contribution in [-0.4, -0.2) is 16.0 Å². The molecule has 0 aromatic heterocycles. The normalized spacial score (nSPS) is 10.0. The van der Waals surface area contributed by atoms with Crippen LogP contribution in [0.3, 0.4) is 0 Å². The number of hydrogen-bond donors (Lipinski definition) is 2. The Morgan fingerprint density at radius 1 is 1.15 bits per heavy atom. The van der Waals surface area contributed by atoms with E-state index in [9.17, 15) is 14.9 Å². The predicted molar refractivity (Wildman–Crippen MR) is 76.0 cm³/mol. The van der Waals surface area contributed by atoms with Gasteiger partial charge in [0, 0.05) is 6.07 Å². The van der Waals surface area contributed by atoms with Gasteiger partial charge in [-0.25, -0.2) is 4.79 Å². The molecule has 0 aliphatic carbocycles. The lowest BCUT2D eigenvalue weighted by molar-refractivity contribution is -0.387. The van der Waals surface area contributed by atoms with Crippen LogP contribution in [0.5, 0.6) is 0 Å². The number of carboxylic acids is 1. The SMILES string of the molecule is O=C(O)c1ccccc1NSc1ccccc1[N+](=O)[O-]. The standard InChI is InChI=1S/C13H10N2O4S/c16-13(17)9-5-1-2-6-10(9)14-20-12-8-4-3-7-11(12)15(18)19/h1-8,14H,(H,16,17). The van der Waals surface area contributed by atoms with Gasteiger partial charge in [-0.2, -0.15) is 0 Å². The van der Waals surface area contributed by atoms with Gasteiger partial charge in [-0.1, -0.05) is 24.3 Å². The molecule has 0 aliphatic rings. The van der Waals surface area contributed by atoms with E-state index >= 15 is 0 Å². The molecule has 0 atom stereocenters. The van der Waals surface area contributed by atoms with E-state index in [-0.39, 0.29) is 11.3 Å². The summed E-state index contributed by atoms with van der Waals surface area (Å²) in [5.74, 6) is -1.06. The summed E-state index contributed by atoms with van der Waals surface area (Å²) < 4.78 is 2.84. The second-order valence-electron chi connectivity index (χ2n) is 3.78. The van der Waals surface area contributed by atoms with Crippen LogP contribution < -0.4 is 4.72 Å². The number of nitrogens with zero attached hydrogens (tertiary/aromatic N) is 1. The predicted octanol–water partition coefficient (Wildman–Crippen LogP) is 3.41. The van der Waals surface area contributed by atoms with Gasteiger partial charge < -0.3 is 9.83 Å². The van der Waals surface area contributed by atoms with Crippen molar-refractivity contribution in [3.8, 4) is 0 Å². The van der Waals surface area contributed by atoms with Gasteiger partial charge >= 0.3 is 5.97 Å². The molecule has 0 fully saturated rings. The molecule has 0 spiro atoms. The minimum Gasteiger partial charge on any atom is -0.478 e. The summed E-state index contributed by atoms with van der Waals surface area (Å²) >= 11 is 1.01.